The number of carbonyl (C=O) groups excluding carboxylic acids is 1. The highest BCUT2D eigenvalue weighted by molar-refractivity contribution is 7.15. The van der Waals surface area contributed by atoms with Crippen LogP contribution in [0, 0.1) is 0 Å². The second-order valence-electron chi connectivity index (χ2n) is 6.70. The van der Waals surface area contributed by atoms with Crippen molar-refractivity contribution in [2.75, 3.05) is 5.32 Å². The van der Waals surface area contributed by atoms with Gasteiger partial charge in [-0.1, -0.05) is 24.9 Å². The van der Waals surface area contributed by atoms with Crippen molar-refractivity contribution in [1.82, 2.24) is 14.8 Å². The quantitative estimate of drug-likeness (QED) is 0.526. The summed E-state index contributed by atoms with van der Waals surface area (Å²) in [7, 11) is 0. The van der Waals surface area contributed by atoms with E-state index in [2.05, 4.69) is 15.4 Å². The van der Waals surface area contributed by atoms with Crippen LogP contribution in [0.3, 0.4) is 0 Å². The Balaban J connectivity index is 1.72. The first kappa shape index (κ1) is 23.0. The summed E-state index contributed by atoms with van der Waals surface area (Å²) in [5.41, 5.74) is -0.704. The van der Waals surface area contributed by atoms with Crippen molar-refractivity contribution in [2.24, 2.45) is 0 Å². The van der Waals surface area contributed by atoms with E-state index in [0.717, 1.165) is 36.3 Å². The SMILES string of the molecule is CCCCn1nc(C(=O)Nc2ncc(Cc3cc(C(F)(F)F)ccc3Cl)s2)ccc1=O. The lowest BCUT2D eigenvalue weighted by Gasteiger charge is -2.09. The minimum absolute atomic E-state index is 0.0633. The van der Waals surface area contributed by atoms with E-state index in [0.29, 0.717) is 17.0 Å². The van der Waals surface area contributed by atoms with E-state index in [1.165, 1.54) is 29.1 Å². The number of alkyl halides is 3. The fourth-order valence-corrected chi connectivity index (χ4v) is 3.74. The molecule has 3 aromatic rings. The van der Waals surface area contributed by atoms with E-state index in [4.69, 9.17) is 11.6 Å². The van der Waals surface area contributed by atoms with Crippen LogP contribution in [0.4, 0.5) is 18.3 Å². The molecule has 1 N–H and O–H groups in total. The lowest BCUT2D eigenvalue weighted by molar-refractivity contribution is -0.137. The van der Waals surface area contributed by atoms with Gasteiger partial charge in [-0.3, -0.25) is 14.9 Å². The predicted molar refractivity (Wildman–Crippen MR) is 113 cm³/mol. The summed E-state index contributed by atoms with van der Waals surface area (Å²) in [6.07, 6.45) is -1.23. The summed E-state index contributed by atoms with van der Waals surface area (Å²) in [5, 5.41) is 7.14. The molecular formula is C20H18ClF3N4O2S. The van der Waals surface area contributed by atoms with E-state index >= 15 is 0 Å². The topological polar surface area (TPSA) is 76.9 Å². The molecule has 0 fully saturated rings. The summed E-state index contributed by atoms with van der Waals surface area (Å²) in [6.45, 7) is 2.39. The summed E-state index contributed by atoms with van der Waals surface area (Å²) in [6, 6.07) is 5.75. The molecule has 2 heterocycles. The normalized spacial score (nSPS) is 11.5. The third kappa shape index (κ3) is 5.92. The molecule has 0 aliphatic rings. The molecule has 0 saturated heterocycles. The van der Waals surface area contributed by atoms with Gasteiger partial charge in [0.15, 0.2) is 5.13 Å². The minimum atomic E-state index is -4.47. The third-order valence-electron chi connectivity index (χ3n) is 4.33. The maximum Gasteiger partial charge on any atom is 0.416 e. The van der Waals surface area contributed by atoms with Gasteiger partial charge in [-0.15, -0.1) is 11.3 Å². The van der Waals surface area contributed by atoms with Crippen LogP contribution in [0.2, 0.25) is 5.02 Å². The number of halogens is 4. The number of aryl methyl sites for hydroxylation is 1. The number of unbranched alkanes of at least 4 members (excludes halogenated alkanes) is 1. The van der Waals surface area contributed by atoms with Gasteiger partial charge in [0.05, 0.1) is 5.56 Å². The van der Waals surface area contributed by atoms with Crippen LogP contribution in [0.1, 0.15) is 46.3 Å². The molecule has 0 bridgehead atoms. The number of hydrogen-bond donors (Lipinski definition) is 1. The number of hydrogen-bond acceptors (Lipinski definition) is 5. The number of anilines is 1. The van der Waals surface area contributed by atoms with Crippen LogP contribution in [-0.4, -0.2) is 20.7 Å². The summed E-state index contributed by atoms with van der Waals surface area (Å²) >= 11 is 7.16. The van der Waals surface area contributed by atoms with E-state index in [9.17, 15) is 22.8 Å². The maximum absolute atomic E-state index is 12.9. The van der Waals surface area contributed by atoms with Gasteiger partial charge in [0.25, 0.3) is 11.5 Å². The van der Waals surface area contributed by atoms with Gasteiger partial charge in [-0.25, -0.2) is 9.67 Å². The van der Waals surface area contributed by atoms with E-state index in [-0.39, 0.29) is 27.8 Å². The number of benzene rings is 1. The lowest BCUT2D eigenvalue weighted by atomic mass is 10.1. The second kappa shape index (κ2) is 9.61. The van der Waals surface area contributed by atoms with Crippen LogP contribution in [-0.2, 0) is 19.1 Å². The molecular weight excluding hydrogens is 453 g/mol. The Hall–Kier alpha value is -2.72. The van der Waals surface area contributed by atoms with Crippen molar-refractivity contribution < 1.29 is 18.0 Å². The lowest BCUT2D eigenvalue weighted by Crippen LogP contribution is -2.26. The average molecular weight is 471 g/mol. The number of thiazole rings is 1. The van der Waals surface area contributed by atoms with E-state index in [1.54, 1.807) is 0 Å². The van der Waals surface area contributed by atoms with Crippen LogP contribution >= 0.6 is 22.9 Å². The third-order valence-corrected chi connectivity index (χ3v) is 5.62. The van der Waals surface area contributed by atoms with Crippen LogP contribution in [0.25, 0.3) is 0 Å². The Bertz CT molecular complexity index is 1140. The molecule has 6 nitrogen and oxygen atoms in total. The minimum Gasteiger partial charge on any atom is -0.296 e. The largest absolute Gasteiger partial charge is 0.416 e. The number of rotatable bonds is 7. The highest BCUT2D eigenvalue weighted by Crippen LogP contribution is 2.33. The smallest absolute Gasteiger partial charge is 0.296 e. The molecule has 1 amide bonds. The summed E-state index contributed by atoms with van der Waals surface area (Å²) in [4.78, 5) is 29.0. The molecule has 164 valence electrons. The fourth-order valence-electron chi connectivity index (χ4n) is 2.72. The van der Waals surface area contributed by atoms with Crippen molar-refractivity contribution in [3.8, 4) is 0 Å². The number of carbonyl (C=O) groups is 1. The zero-order chi connectivity index (χ0) is 22.6. The molecule has 31 heavy (non-hydrogen) atoms. The van der Waals surface area contributed by atoms with E-state index in [1.807, 2.05) is 6.92 Å². The molecule has 2 aromatic heterocycles. The Labute approximate surface area is 184 Å². The highest BCUT2D eigenvalue weighted by Gasteiger charge is 2.31. The van der Waals surface area contributed by atoms with Crippen molar-refractivity contribution in [2.45, 2.75) is 38.9 Å². The summed E-state index contributed by atoms with van der Waals surface area (Å²) < 4.78 is 40.1. The van der Waals surface area contributed by atoms with Crippen molar-refractivity contribution in [3.63, 3.8) is 0 Å². The average Bonchev–Trinajstić information content (AvgIpc) is 3.15. The first-order valence-electron chi connectivity index (χ1n) is 9.37. The first-order chi connectivity index (χ1) is 14.7. The molecule has 1 aromatic carbocycles. The first-order valence-corrected chi connectivity index (χ1v) is 10.6. The second-order valence-corrected chi connectivity index (χ2v) is 8.22. The molecule has 0 aliphatic heterocycles. The Morgan fingerprint density at radius 3 is 2.74 bits per heavy atom. The van der Waals surface area contributed by atoms with Gasteiger partial charge in [0, 0.05) is 35.1 Å². The number of aromatic nitrogens is 3. The molecule has 0 saturated carbocycles. The zero-order valence-electron chi connectivity index (χ0n) is 16.4. The zero-order valence-corrected chi connectivity index (χ0v) is 17.9. The van der Waals surface area contributed by atoms with Crippen molar-refractivity contribution in [1.29, 1.82) is 0 Å². The van der Waals surface area contributed by atoms with Gasteiger partial charge in [-0.05, 0) is 36.2 Å². The standard InChI is InChI=1S/C20H18ClF3N4O2S/c1-2-3-8-28-17(29)7-6-16(27-28)18(30)26-19-25-11-14(31-19)10-12-9-13(20(22,23)24)4-5-15(12)21/h4-7,9,11H,2-3,8,10H2,1H3,(H,25,26,30). The van der Waals surface area contributed by atoms with Crippen molar-refractivity contribution >= 4 is 34.0 Å². The van der Waals surface area contributed by atoms with E-state index < -0.39 is 17.6 Å². The molecule has 11 heteroatoms. The van der Waals surface area contributed by atoms with Crippen molar-refractivity contribution in [3.05, 3.63) is 73.6 Å². The number of nitrogens with zero attached hydrogens (tertiary/aromatic N) is 3. The van der Waals surface area contributed by atoms with Gasteiger partial charge in [-0.2, -0.15) is 18.3 Å². The van der Waals surface area contributed by atoms with Gasteiger partial charge < -0.3 is 0 Å². The number of nitrogens with one attached hydrogen (secondary N) is 1. The summed E-state index contributed by atoms with van der Waals surface area (Å²) in [5.74, 6) is -0.539. The Morgan fingerprint density at radius 2 is 2.03 bits per heavy atom. The van der Waals surface area contributed by atoms with Crippen LogP contribution < -0.4 is 10.9 Å². The monoisotopic (exact) mass is 470 g/mol. The van der Waals surface area contributed by atoms with Crippen LogP contribution in [0.15, 0.2) is 41.3 Å². The number of amides is 1. The van der Waals surface area contributed by atoms with Gasteiger partial charge in [0.2, 0.25) is 0 Å². The molecule has 0 atom stereocenters. The maximum atomic E-state index is 12.9. The molecule has 0 unspecified atom stereocenters. The molecule has 3 rings (SSSR count). The van der Waals surface area contributed by atoms with Crippen LogP contribution in [0.5, 0.6) is 0 Å². The predicted octanol–water partition coefficient (Wildman–Crippen LogP) is 5.02. The molecule has 0 radical (unpaired) electrons. The Kier molecular flexibility index (Phi) is 7.11. The molecule has 0 spiro atoms. The fraction of sp³-hybridized carbons (Fsp3) is 0.300. The van der Waals surface area contributed by atoms with Gasteiger partial charge in [0.1, 0.15) is 5.69 Å². The molecule has 0 aliphatic carbocycles. The van der Waals surface area contributed by atoms with Gasteiger partial charge >= 0.3 is 6.18 Å². The highest BCUT2D eigenvalue weighted by atomic mass is 35.5. The Morgan fingerprint density at radius 1 is 1.26 bits per heavy atom.